The lowest BCUT2D eigenvalue weighted by Crippen LogP contribution is -2.30. The van der Waals surface area contributed by atoms with Gasteiger partial charge in [-0.05, 0) is 122 Å². The van der Waals surface area contributed by atoms with E-state index in [0.717, 1.165) is 141 Å². The third-order valence-electron chi connectivity index (χ3n) is 12.2. The molecular weight excluding hydrogens is 889 g/mol. The van der Waals surface area contributed by atoms with E-state index in [4.69, 9.17) is 14.2 Å². The quantitative estimate of drug-likeness (QED) is 0.0261. The van der Waals surface area contributed by atoms with E-state index >= 15 is 0 Å². The van der Waals surface area contributed by atoms with Gasteiger partial charge in [0.2, 0.25) is 0 Å². The largest absolute Gasteiger partial charge is 0.462 e. The lowest BCUT2D eigenvalue weighted by molar-refractivity contribution is -0.167. The van der Waals surface area contributed by atoms with Crippen molar-refractivity contribution in [2.45, 2.75) is 264 Å². The van der Waals surface area contributed by atoms with Crippen LogP contribution in [0, 0.1) is 0 Å². The second-order valence-electron chi connectivity index (χ2n) is 19.1. The summed E-state index contributed by atoms with van der Waals surface area (Å²) in [6.07, 6.45) is 82.0. The second kappa shape index (κ2) is 59.4. The number of rotatable bonds is 52. The molecule has 408 valence electrons. The zero-order chi connectivity index (χ0) is 52.2. The molecule has 0 saturated heterocycles. The summed E-state index contributed by atoms with van der Waals surface area (Å²) in [4.78, 5) is 38.1. The van der Waals surface area contributed by atoms with E-state index in [-0.39, 0.29) is 31.1 Å². The van der Waals surface area contributed by atoms with Gasteiger partial charge < -0.3 is 14.2 Å². The van der Waals surface area contributed by atoms with Gasteiger partial charge in [0.05, 0.1) is 0 Å². The monoisotopic (exact) mass is 997 g/mol. The molecule has 1 unspecified atom stereocenters. The van der Waals surface area contributed by atoms with Crippen molar-refractivity contribution < 1.29 is 28.6 Å². The molecule has 0 N–H and O–H groups in total. The third-order valence-corrected chi connectivity index (χ3v) is 12.2. The van der Waals surface area contributed by atoms with Crippen molar-refractivity contribution in [1.29, 1.82) is 0 Å². The summed E-state index contributed by atoms with van der Waals surface area (Å²) in [5.41, 5.74) is 0. The first-order valence-electron chi connectivity index (χ1n) is 29.5. The highest BCUT2D eigenvalue weighted by atomic mass is 16.6. The second-order valence-corrected chi connectivity index (χ2v) is 19.1. The number of allylic oxidation sites excluding steroid dienone is 20. The molecule has 0 spiro atoms. The molecule has 0 aromatic rings. The third kappa shape index (κ3) is 56.7. The first-order chi connectivity index (χ1) is 35.5. The van der Waals surface area contributed by atoms with Crippen LogP contribution in [0.3, 0.4) is 0 Å². The van der Waals surface area contributed by atoms with Crippen molar-refractivity contribution in [2.24, 2.45) is 0 Å². The topological polar surface area (TPSA) is 78.9 Å². The minimum Gasteiger partial charge on any atom is -0.462 e. The normalized spacial score (nSPS) is 13.0. The Labute approximate surface area is 443 Å². The van der Waals surface area contributed by atoms with E-state index in [1.54, 1.807) is 0 Å². The van der Waals surface area contributed by atoms with Crippen LogP contribution in [-0.2, 0) is 28.6 Å². The molecule has 6 nitrogen and oxygen atoms in total. The van der Waals surface area contributed by atoms with Gasteiger partial charge in [-0.15, -0.1) is 0 Å². The lowest BCUT2D eigenvalue weighted by Gasteiger charge is -2.18. The van der Waals surface area contributed by atoms with Crippen molar-refractivity contribution in [2.75, 3.05) is 13.2 Å². The van der Waals surface area contributed by atoms with E-state index in [1.165, 1.54) is 77.0 Å². The fourth-order valence-electron chi connectivity index (χ4n) is 7.79. The van der Waals surface area contributed by atoms with E-state index in [9.17, 15) is 14.4 Å². The summed E-state index contributed by atoms with van der Waals surface area (Å²) in [7, 11) is 0. The molecule has 72 heavy (non-hydrogen) atoms. The zero-order valence-corrected chi connectivity index (χ0v) is 46.7. The molecule has 6 heteroatoms. The SMILES string of the molecule is CC/C=C\C/C=C\C/C=C\C/C=C\C/C=C\CCCCCCCCCCCCCC(=O)OCC(COC(=O)CCCCC/C=C\C/C=C\C/C=C\CC)OC(=O)CCCCCCC/C=C\C/C=C\CCCC. The maximum absolute atomic E-state index is 12.8. The van der Waals surface area contributed by atoms with E-state index in [1.807, 2.05) is 0 Å². The summed E-state index contributed by atoms with van der Waals surface area (Å²) in [6, 6.07) is 0. The lowest BCUT2D eigenvalue weighted by atomic mass is 10.0. The van der Waals surface area contributed by atoms with Crippen LogP contribution in [0.1, 0.15) is 258 Å². The molecule has 0 heterocycles. The van der Waals surface area contributed by atoms with Crippen LogP contribution in [0.4, 0.5) is 0 Å². The summed E-state index contributed by atoms with van der Waals surface area (Å²) in [5.74, 6) is -0.946. The van der Waals surface area contributed by atoms with Crippen LogP contribution in [0.25, 0.3) is 0 Å². The number of hydrogen-bond donors (Lipinski definition) is 0. The van der Waals surface area contributed by atoms with Gasteiger partial charge in [-0.25, -0.2) is 0 Å². The molecule has 0 amide bonds. The number of carbonyl (C=O) groups excluding carboxylic acids is 3. The van der Waals surface area contributed by atoms with Crippen LogP contribution in [-0.4, -0.2) is 37.2 Å². The van der Waals surface area contributed by atoms with E-state index in [0.29, 0.717) is 19.3 Å². The Morgan fingerprint density at radius 2 is 0.542 bits per heavy atom. The Bertz CT molecular complexity index is 1520. The van der Waals surface area contributed by atoms with Gasteiger partial charge in [-0.3, -0.25) is 14.4 Å². The Hall–Kier alpha value is -4.19. The van der Waals surface area contributed by atoms with Crippen molar-refractivity contribution in [3.05, 3.63) is 122 Å². The number of esters is 3. The van der Waals surface area contributed by atoms with Gasteiger partial charge in [0.15, 0.2) is 6.10 Å². The minimum absolute atomic E-state index is 0.0970. The smallest absolute Gasteiger partial charge is 0.306 e. The molecule has 0 saturated carbocycles. The average Bonchev–Trinajstić information content (AvgIpc) is 3.38. The van der Waals surface area contributed by atoms with Crippen LogP contribution >= 0.6 is 0 Å². The highest BCUT2D eigenvalue weighted by Crippen LogP contribution is 2.15. The van der Waals surface area contributed by atoms with Crippen LogP contribution in [0.15, 0.2) is 122 Å². The molecule has 0 aliphatic carbocycles. The number of carbonyl (C=O) groups is 3. The fourth-order valence-corrected chi connectivity index (χ4v) is 7.79. The molecule has 0 aromatic heterocycles. The van der Waals surface area contributed by atoms with Gasteiger partial charge in [0.1, 0.15) is 13.2 Å². The molecule has 0 rings (SSSR count). The first-order valence-corrected chi connectivity index (χ1v) is 29.5. The van der Waals surface area contributed by atoms with Gasteiger partial charge >= 0.3 is 17.9 Å². The molecule has 0 radical (unpaired) electrons. The molecule has 0 bridgehead atoms. The van der Waals surface area contributed by atoms with Gasteiger partial charge in [0, 0.05) is 19.3 Å². The van der Waals surface area contributed by atoms with Gasteiger partial charge in [0.25, 0.3) is 0 Å². The standard InChI is InChI=1S/C66H108O6/c1-4-7-10-13-16-19-22-25-27-28-29-30-31-32-33-34-35-36-37-38-39-42-44-47-50-53-56-59-65(68)71-62-63(61-70-64(67)58-55-52-49-46-43-40-24-21-18-15-12-9-6-3)72-66(69)60-57-54-51-48-45-41-26-23-20-17-14-11-8-5-2/h7,9-10,12,14,16-19,21,23,25-27,29-30,32-33,40,43,63H,4-6,8,11,13,15,20,22,24,28,31,34-39,41-42,44-62H2,1-3H3/b10-7-,12-9-,17-14-,19-16-,21-18-,26-23-,27-25-,30-29-,33-32-,43-40-. The van der Waals surface area contributed by atoms with Gasteiger partial charge in [-0.1, -0.05) is 239 Å². The Kier molecular flexibility index (Phi) is 55.9. The highest BCUT2D eigenvalue weighted by Gasteiger charge is 2.19. The number of unbranched alkanes of at least 4 members (excludes halogenated alkanes) is 21. The maximum Gasteiger partial charge on any atom is 0.306 e. The molecular formula is C66H108O6. The maximum atomic E-state index is 12.8. The molecule has 0 aromatic carbocycles. The number of hydrogen-bond acceptors (Lipinski definition) is 6. The summed E-state index contributed by atoms with van der Waals surface area (Å²) >= 11 is 0. The van der Waals surface area contributed by atoms with Crippen LogP contribution < -0.4 is 0 Å². The first kappa shape index (κ1) is 67.8. The minimum atomic E-state index is -0.801. The summed E-state index contributed by atoms with van der Waals surface area (Å²) in [5, 5.41) is 0. The zero-order valence-electron chi connectivity index (χ0n) is 46.7. The molecule has 1 atom stereocenters. The van der Waals surface area contributed by atoms with Crippen molar-refractivity contribution in [3.63, 3.8) is 0 Å². The van der Waals surface area contributed by atoms with Gasteiger partial charge in [-0.2, -0.15) is 0 Å². The Balaban J connectivity index is 4.31. The van der Waals surface area contributed by atoms with Crippen molar-refractivity contribution in [3.8, 4) is 0 Å². The van der Waals surface area contributed by atoms with Crippen molar-refractivity contribution in [1.82, 2.24) is 0 Å². The van der Waals surface area contributed by atoms with E-state index in [2.05, 4.69) is 142 Å². The Morgan fingerprint density at radius 1 is 0.292 bits per heavy atom. The summed E-state index contributed by atoms with van der Waals surface area (Å²) < 4.78 is 16.8. The Morgan fingerprint density at radius 3 is 0.861 bits per heavy atom. The van der Waals surface area contributed by atoms with Crippen LogP contribution in [0.2, 0.25) is 0 Å². The molecule has 0 aliphatic rings. The predicted molar refractivity (Wildman–Crippen MR) is 311 cm³/mol. The fraction of sp³-hybridized carbons (Fsp3) is 0.652. The average molecular weight is 998 g/mol. The van der Waals surface area contributed by atoms with Crippen LogP contribution in [0.5, 0.6) is 0 Å². The highest BCUT2D eigenvalue weighted by molar-refractivity contribution is 5.71. The molecule has 0 aliphatic heterocycles. The number of ether oxygens (including phenoxy) is 3. The van der Waals surface area contributed by atoms with E-state index < -0.39 is 6.10 Å². The predicted octanol–water partition coefficient (Wildman–Crippen LogP) is 20.0. The molecule has 0 fully saturated rings. The van der Waals surface area contributed by atoms with Crippen molar-refractivity contribution >= 4 is 17.9 Å². The summed E-state index contributed by atoms with van der Waals surface area (Å²) in [6.45, 7) is 6.33.